The highest BCUT2D eigenvalue weighted by Crippen LogP contribution is 2.18. The Bertz CT molecular complexity index is 569. The molecule has 0 aromatic carbocycles. The van der Waals surface area contributed by atoms with Gasteiger partial charge in [0, 0.05) is 6.54 Å². The molecule has 0 saturated carbocycles. The molecular formula is C18H33N5O5. The largest absolute Gasteiger partial charge is 0.480 e. The van der Waals surface area contributed by atoms with E-state index in [-0.39, 0.29) is 12.5 Å². The fraction of sp³-hybridized carbons (Fsp3) is 0.778. The van der Waals surface area contributed by atoms with E-state index in [1.54, 1.807) is 13.8 Å². The molecule has 0 bridgehead atoms. The Kier molecular flexibility index (Phi) is 9.88. The van der Waals surface area contributed by atoms with Crippen LogP contribution in [0.15, 0.2) is 0 Å². The van der Waals surface area contributed by atoms with Gasteiger partial charge in [0.25, 0.3) is 0 Å². The van der Waals surface area contributed by atoms with E-state index in [1.807, 2.05) is 0 Å². The van der Waals surface area contributed by atoms with Crippen LogP contribution in [-0.2, 0) is 19.2 Å². The molecule has 1 fully saturated rings. The lowest BCUT2D eigenvalue weighted by Crippen LogP contribution is -2.54. The molecule has 1 saturated heterocycles. The van der Waals surface area contributed by atoms with Crippen LogP contribution in [0.3, 0.4) is 0 Å². The molecule has 0 radical (unpaired) electrons. The van der Waals surface area contributed by atoms with Gasteiger partial charge < -0.3 is 32.1 Å². The van der Waals surface area contributed by atoms with E-state index in [4.69, 9.17) is 11.5 Å². The fourth-order valence-corrected chi connectivity index (χ4v) is 3.14. The summed E-state index contributed by atoms with van der Waals surface area (Å²) in [6.45, 7) is 4.06. The molecule has 1 aliphatic heterocycles. The van der Waals surface area contributed by atoms with Gasteiger partial charge in [-0.2, -0.15) is 0 Å². The van der Waals surface area contributed by atoms with Crippen molar-refractivity contribution in [2.45, 2.75) is 64.1 Å². The van der Waals surface area contributed by atoms with E-state index < -0.39 is 41.8 Å². The number of rotatable bonds is 11. The minimum absolute atomic E-state index is 0.250. The molecule has 3 atom stereocenters. The summed E-state index contributed by atoms with van der Waals surface area (Å²) >= 11 is 0. The number of likely N-dealkylation sites (tertiary alicyclic amines) is 1. The van der Waals surface area contributed by atoms with Crippen LogP contribution in [0.4, 0.5) is 0 Å². The topological polar surface area (TPSA) is 168 Å². The van der Waals surface area contributed by atoms with Crippen molar-refractivity contribution in [2.24, 2.45) is 17.4 Å². The van der Waals surface area contributed by atoms with E-state index in [2.05, 4.69) is 10.6 Å². The van der Waals surface area contributed by atoms with Crippen LogP contribution >= 0.6 is 0 Å². The molecule has 0 aromatic rings. The number of carboxylic acids is 1. The van der Waals surface area contributed by atoms with Crippen molar-refractivity contribution in [2.75, 3.05) is 19.6 Å². The van der Waals surface area contributed by atoms with Crippen LogP contribution < -0.4 is 22.1 Å². The third-order valence-electron chi connectivity index (χ3n) is 4.83. The average Bonchev–Trinajstić information content (AvgIpc) is 3.13. The van der Waals surface area contributed by atoms with Gasteiger partial charge in [-0.15, -0.1) is 0 Å². The lowest BCUT2D eigenvalue weighted by atomic mass is 10.0. The summed E-state index contributed by atoms with van der Waals surface area (Å²) in [5.74, 6) is -2.70. The molecule has 0 aliphatic carbocycles. The molecule has 1 aliphatic rings. The quantitative estimate of drug-likeness (QED) is 0.271. The van der Waals surface area contributed by atoms with E-state index in [0.717, 1.165) is 12.8 Å². The van der Waals surface area contributed by atoms with Crippen molar-refractivity contribution in [3.05, 3.63) is 0 Å². The Morgan fingerprint density at radius 3 is 2.46 bits per heavy atom. The van der Waals surface area contributed by atoms with Gasteiger partial charge >= 0.3 is 5.97 Å². The van der Waals surface area contributed by atoms with E-state index in [9.17, 15) is 24.3 Å². The average molecular weight is 399 g/mol. The number of carbonyl (C=O) groups is 4. The van der Waals surface area contributed by atoms with Crippen LogP contribution in [0, 0.1) is 5.92 Å². The first kappa shape index (κ1) is 23.8. The van der Waals surface area contributed by atoms with Crippen LogP contribution in [0.2, 0.25) is 0 Å². The number of nitrogens with zero attached hydrogens (tertiary/aromatic N) is 1. The second-order valence-electron chi connectivity index (χ2n) is 7.42. The molecule has 1 rings (SSSR count). The molecule has 160 valence electrons. The maximum absolute atomic E-state index is 12.5. The molecule has 10 nitrogen and oxygen atoms in total. The van der Waals surface area contributed by atoms with Gasteiger partial charge in [-0.05, 0) is 38.1 Å². The van der Waals surface area contributed by atoms with Gasteiger partial charge in [-0.25, -0.2) is 4.79 Å². The van der Waals surface area contributed by atoms with Crippen molar-refractivity contribution in [1.29, 1.82) is 0 Å². The van der Waals surface area contributed by atoms with Gasteiger partial charge in [0.05, 0.1) is 12.6 Å². The predicted octanol–water partition coefficient (Wildman–Crippen LogP) is -1.22. The Balaban J connectivity index is 2.56. The Morgan fingerprint density at radius 1 is 1.21 bits per heavy atom. The van der Waals surface area contributed by atoms with Crippen molar-refractivity contribution in [3.8, 4) is 0 Å². The zero-order chi connectivity index (χ0) is 21.3. The minimum atomic E-state index is -1.12. The van der Waals surface area contributed by atoms with Gasteiger partial charge in [0.1, 0.15) is 12.1 Å². The van der Waals surface area contributed by atoms with Crippen LogP contribution in [0.5, 0.6) is 0 Å². The molecule has 28 heavy (non-hydrogen) atoms. The molecule has 3 unspecified atom stereocenters. The minimum Gasteiger partial charge on any atom is -0.480 e. The second-order valence-corrected chi connectivity index (χ2v) is 7.42. The number of hydrogen-bond donors (Lipinski definition) is 5. The lowest BCUT2D eigenvalue weighted by molar-refractivity contribution is -0.145. The van der Waals surface area contributed by atoms with Gasteiger partial charge in [0.15, 0.2) is 0 Å². The molecule has 3 amide bonds. The third kappa shape index (κ3) is 7.08. The maximum Gasteiger partial charge on any atom is 0.326 e. The highest BCUT2D eigenvalue weighted by Gasteiger charge is 2.36. The summed E-state index contributed by atoms with van der Waals surface area (Å²) in [5, 5.41) is 14.2. The fourth-order valence-electron chi connectivity index (χ4n) is 3.14. The predicted molar refractivity (Wildman–Crippen MR) is 103 cm³/mol. The first-order chi connectivity index (χ1) is 13.2. The van der Waals surface area contributed by atoms with Gasteiger partial charge in [0.2, 0.25) is 17.7 Å². The Labute approximate surface area is 165 Å². The molecule has 7 N–H and O–H groups in total. The van der Waals surface area contributed by atoms with E-state index in [1.165, 1.54) is 4.90 Å². The third-order valence-corrected chi connectivity index (χ3v) is 4.83. The first-order valence-corrected chi connectivity index (χ1v) is 9.75. The molecule has 0 aromatic heterocycles. The van der Waals surface area contributed by atoms with Crippen LogP contribution in [-0.4, -0.2) is 71.5 Å². The molecule has 1 heterocycles. The van der Waals surface area contributed by atoms with Crippen molar-refractivity contribution >= 4 is 23.7 Å². The molecule has 10 heteroatoms. The number of carbonyl (C=O) groups excluding carboxylic acids is 3. The normalized spacial score (nSPS) is 18.6. The smallest absolute Gasteiger partial charge is 0.326 e. The highest BCUT2D eigenvalue weighted by atomic mass is 16.4. The lowest BCUT2D eigenvalue weighted by Gasteiger charge is -2.26. The summed E-state index contributed by atoms with van der Waals surface area (Å²) in [6.07, 6.45) is 3.08. The number of aliphatic carboxylic acids is 1. The first-order valence-electron chi connectivity index (χ1n) is 9.75. The van der Waals surface area contributed by atoms with Crippen LogP contribution in [0.1, 0.15) is 46.0 Å². The summed E-state index contributed by atoms with van der Waals surface area (Å²) in [4.78, 5) is 49.6. The van der Waals surface area contributed by atoms with Gasteiger partial charge in [-0.3, -0.25) is 14.4 Å². The Morgan fingerprint density at radius 2 is 1.89 bits per heavy atom. The zero-order valence-corrected chi connectivity index (χ0v) is 16.6. The maximum atomic E-state index is 12.5. The number of nitrogens with two attached hydrogens (primary N) is 2. The summed E-state index contributed by atoms with van der Waals surface area (Å²) < 4.78 is 0. The highest BCUT2D eigenvalue weighted by molar-refractivity contribution is 5.93. The van der Waals surface area contributed by atoms with Crippen molar-refractivity contribution in [3.63, 3.8) is 0 Å². The molecule has 0 spiro atoms. The van der Waals surface area contributed by atoms with Crippen molar-refractivity contribution in [1.82, 2.24) is 15.5 Å². The standard InChI is InChI=1S/C18H33N5O5/c1-11(2)15(18(27)28)22-17(26)13-7-5-9-23(13)14(24)10-21-16(25)12(20)6-3-4-8-19/h11-13,15H,3-10,19-20H2,1-2H3,(H,21,25)(H,22,26)(H,27,28). The SMILES string of the molecule is CC(C)C(NC(=O)C1CCCN1C(=O)CNC(=O)C(N)CCCCN)C(=O)O. The van der Waals surface area contributed by atoms with Gasteiger partial charge in [-0.1, -0.05) is 20.3 Å². The van der Waals surface area contributed by atoms with E-state index >= 15 is 0 Å². The second kappa shape index (κ2) is 11.6. The monoisotopic (exact) mass is 399 g/mol. The number of hydrogen-bond acceptors (Lipinski definition) is 6. The van der Waals surface area contributed by atoms with Crippen molar-refractivity contribution < 1.29 is 24.3 Å². The number of amides is 3. The Hall–Kier alpha value is -2.20. The summed E-state index contributed by atoms with van der Waals surface area (Å²) in [5.41, 5.74) is 11.2. The summed E-state index contributed by atoms with van der Waals surface area (Å²) in [6, 6.07) is -2.46. The molecular weight excluding hydrogens is 366 g/mol. The number of nitrogens with one attached hydrogen (secondary N) is 2. The number of unbranched alkanes of at least 4 members (excludes halogenated alkanes) is 1. The number of carboxylic acid groups (broad SMARTS) is 1. The van der Waals surface area contributed by atoms with Crippen LogP contribution in [0.25, 0.3) is 0 Å². The summed E-state index contributed by atoms with van der Waals surface area (Å²) in [7, 11) is 0. The van der Waals surface area contributed by atoms with E-state index in [0.29, 0.717) is 32.4 Å². The zero-order valence-electron chi connectivity index (χ0n) is 16.6.